The quantitative estimate of drug-likeness (QED) is 0.272. The van der Waals surface area contributed by atoms with Crippen LogP contribution in [0.4, 0.5) is 0 Å². The van der Waals surface area contributed by atoms with Crippen LogP contribution in [0.15, 0.2) is 42.5 Å². The molecule has 160 valence electrons. The molecule has 2 N–H and O–H groups in total. The third kappa shape index (κ3) is 11.3. The molecule has 0 heterocycles. The number of carbonyl (C=O) groups is 2. The highest BCUT2D eigenvalue weighted by Crippen LogP contribution is 2.20. The first-order valence-electron chi connectivity index (χ1n) is 10.9. The number of esters is 1. The van der Waals surface area contributed by atoms with E-state index in [-0.39, 0.29) is 18.5 Å². The fourth-order valence-electron chi connectivity index (χ4n) is 3.57. The molecule has 2 rings (SSSR count). The molecular formula is C25H37NO3. The number of hydrogen-bond acceptors (Lipinski definition) is 3. The van der Waals surface area contributed by atoms with Crippen LogP contribution in [-0.4, -0.2) is 18.5 Å². The fourth-order valence-corrected chi connectivity index (χ4v) is 3.57. The summed E-state index contributed by atoms with van der Waals surface area (Å²) in [6, 6.07) is 14.9. The number of rotatable bonds is 12. The molecule has 0 aliphatic heterocycles. The van der Waals surface area contributed by atoms with E-state index >= 15 is 0 Å². The summed E-state index contributed by atoms with van der Waals surface area (Å²) in [5.41, 5.74) is 5.41. The van der Waals surface area contributed by atoms with E-state index < -0.39 is 0 Å². The number of unbranched alkanes of at least 4 members (excludes halogenated alkanes) is 7. The minimum absolute atomic E-state index is 0.00578. The van der Waals surface area contributed by atoms with Gasteiger partial charge in [0.05, 0.1) is 0 Å². The van der Waals surface area contributed by atoms with Gasteiger partial charge in [-0.05, 0) is 29.2 Å². The van der Waals surface area contributed by atoms with Gasteiger partial charge in [-0.3, -0.25) is 9.59 Å². The lowest BCUT2D eigenvalue weighted by Gasteiger charge is -2.17. The van der Waals surface area contributed by atoms with Crippen LogP contribution in [0.2, 0.25) is 0 Å². The Morgan fingerprint density at radius 3 is 2.17 bits per heavy atom. The molecule has 0 aliphatic carbocycles. The first-order valence-corrected chi connectivity index (χ1v) is 10.9. The Balaban J connectivity index is 0.00000132. The Morgan fingerprint density at radius 2 is 1.55 bits per heavy atom. The van der Waals surface area contributed by atoms with Gasteiger partial charge in [0.15, 0.2) is 0 Å². The largest absolute Gasteiger partial charge is 0.462 e. The lowest BCUT2D eigenvalue weighted by Crippen LogP contribution is -2.19. The van der Waals surface area contributed by atoms with E-state index in [1.165, 1.54) is 68.2 Å². The molecular weight excluding hydrogens is 362 g/mol. The molecule has 1 amide bonds. The van der Waals surface area contributed by atoms with E-state index in [1.54, 1.807) is 0 Å². The molecule has 0 spiro atoms. The summed E-state index contributed by atoms with van der Waals surface area (Å²) in [5.74, 6) is -0.171. The lowest BCUT2D eigenvalue weighted by atomic mass is 9.99. The van der Waals surface area contributed by atoms with Crippen LogP contribution in [0.25, 0.3) is 10.8 Å². The smallest absolute Gasteiger partial charge is 0.302 e. The van der Waals surface area contributed by atoms with Crippen LogP contribution in [0.5, 0.6) is 0 Å². The summed E-state index contributed by atoms with van der Waals surface area (Å²) >= 11 is 0. The minimum atomic E-state index is -0.171. The van der Waals surface area contributed by atoms with Crippen LogP contribution in [0.3, 0.4) is 0 Å². The van der Waals surface area contributed by atoms with Crippen molar-refractivity contribution in [2.75, 3.05) is 0 Å². The van der Waals surface area contributed by atoms with Gasteiger partial charge >= 0.3 is 5.97 Å². The Labute approximate surface area is 175 Å². The van der Waals surface area contributed by atoms with Crippen LogP contribution >= 0.6 is 0 Å². The maximum Gasteiger partial charge on any atom is 0.302 e. The molecule has 29 heavy (non-hydrogen) atoms. The van der Waals surface area contributed by atoms with E-state index in [4.69, 9.17) is 9.53 Å². The summed E-state index contributed by atoms with van der Waals surface area (Å²) in [7, 11) is 0. The van der Waals surface area contributed by atoms with Gasteiger partial charge in [-0.15, -0.1) is 0 Å². The molecule has 1 unspecified atom stereocenters. The van der Waals surface area contributed by atoms with Crippen molar-refractivity contribution >= 4 is 23.2 Å². The van der Waals surface area contributed by atoms with E-state index in [2.05, 4.69) is 55.1 Å². The standard InChI is InChI=1S/C24H34O2.CH3NO/c1-3-4-5-6-7-8-9-10-15-24(26-20(2)25)19-21-16-17-22-13-11-12-14-23(22)18-21;2-1-3/h11-14,16-18,24H,3-10,15,19H2,1-2H3;1H,(H2,2,3). The van der Waals surface area contributed by atoms with Crippen molar-refractivity contribution in [1.29, 1.82) is 0 Å². The van der Waals surface area contributed by atoms with Gasteiger partial charge in [-0.25, -0.2) is 0 Å². The SMILES string of the molecule is CCCCCCCCCCC(Cc1ccc2ccccc2c1)OC(C)=O.NC=O. The topological polar surface area (TPSA) is 69.4 Å². The summed E-state index contributed by atoms with van der Waals surface area (Å²) in [6.45, 7) is 3.77. The van der Waals surface area contributed by atoms with Crippen molar-refractivity contribution in [1.82, 2.24) is 0 Å². The molecule has 2 aromatic carbocycles. The van der Waals surface area contributed by atoms with Gasteiger partial charge in [0.1, 0.15) is 6.10 Å². The Morgan fingerprint density at radius 1 is 0.966 bits per heavy atom. The molecule has 4 heteroatoms. The van der Waals surface area contributed by atoms with Crippen LogP contribution < -0.4 is 5.73 Å². The number of nitrogens with two attached hydrogens (primary N) is 1. The van der Waals surface area contributed by atoms with Gasteiger partial charge in [-0.1, -0.05) is 94.3 Å². The Bertz CT molecular complexity index is 714. The maximum absolute atomic E-state index is 11.5. The van der Waals surface area contributed by atoms with Crippen molar-refractivity contribution in [2.45, 2.75) is 84.2 Å². The number of amides is 1. The Kier molecular flexibility index (Phi) is 13.2. The Hall–Kier alpha value is -2.36. The predicted octanol–water partition coefficient (Wildman–Crippen LogP) is 5.95. The zero-order valence-electron chi connectivity index (χ0n) is 18.1. The number of primary amides is 1. The summed E-state index contributed by atoms with van der Waals surface area (Å²) in [5, 5.41) is 2.50. The number of ether oxygens (including phenoxy) is 1. The van der Waals surface area contributed by atoms with Crippen molar-refractivity contribution in [2.24, 2.45) is 5.73 Å². The lowest BCUT2D eigenvalue weighted by molar-refractivity contribution is -0.146. The monoisotopic (exact) mass is 399 g/mol. The predicted molar refractivity (Wildman–Crippen MR) is 121 cm³/mol. The average molecular weight is 400 g/mol. The minimum Gasteiger partial charge on any atom is -0.462 e. The molecule has 4 nitrogen and oxygen atoms in total. The molecule has 0 radical (unpaired) electrons. The zero-order chi connectivity index (χ0) is 21.3. The molecule has 2 aromatic rings. The fraction of sp³-hybridized carbons (Fsp3) is 0.520. The number of carbonyl (C=O) groups excluding carboxylic acids is 2. The van der Waals surface area contributed by atoms with Gasteiger partial charge in [0.2, 0.25) is 6.41 Å². The molecule has 1 atom stereocenters. The summed E-state index contributed by atoms with van der Waals surface area (Å²) in [4.78, 5) is 20.1. The highest BCUT2D eigenvalue weighted by atomic mass is 16.5. The number of hydrogen-bond donors (Lipinski definition) is 1. The van der Waals surface area contributed by atoms with Crippen molar-refractivity contribution < 1.29 is 14.3 Å². The summed E-state index contributed by atoms with van der Waals surface area (Å²) < 4.78 is 5.59. The third-order valence-electron chi connectivity index (χ3n) is 4.99. The average Bonchev–Trinajstić information content (AvgIpc) is 2.70. The van der Waals surface area contributed by atoms with Gasteiger partial charge in [0.25, 0.3) is 0 Å². The zero-order valence-corrected chi connectivity index (χ0v) is 18.1. The molecule has 0 saturated heterocycles. The second-order valence-corrected chi connectivity index (χ2v) is 7.52. The normalized spacial score (nSPS) is 11.4. The van der Waals surface area contributed by atoms with Crippen molar-refractivity contribution in [3.8, 4) is 0 Å². The number of benzene rings is 2. The first-order chi connectivity index (χ1) is 14.1. The van der Waals surface area contributed by atoms with E-state index in [1.807, 2.05) is 0 Å². The number of fused-ring (bicyclic) bond motifs is 1. The second-order valence-electron chi connectivity index (χ2n) is 7.52. The molecule has 0 aliphatic rings. The highest BCUT2D eigenvalue weighted by Gasteiger charge is 2.13. The third-order valence-corrected chi connectivity index (χ3v) is 4.99. The van der Waals surface area contributed by atoms with E-state index in [9.17, 15) is 4.79 Å². The highest BCUT2D eigenvalue weighted by molar-refractivity contribution is 5.83. The van der Waals surface area contributed by atoms with Gasteiger partial charge in [-0.2, -0.15) is 0 Å². The van der Waals surface area contributed by atoms with Crippen LogP contribution in [0, 0.1) is 0 Å². The maximum atomic E-state index is 11.5. The van der Waals surface area contributed by atoms with Crippen molar-refractivity contribution in [3.63, 3.8) is 0 Å². The second kappa shape index (κ2) is 15.5. The van der Waals surface area contributed by atoms with Gasteiger partial charge < -0.3 is 10.5 Å². The van der Waals surface area contributed by atoms with Crippen LogP contribution in [-0.2, 0) is 20.7 Å². The van der Waals surface area contributed by atoms with E-state index in [0.29, 0.717) is 0 Å². The molecule has 0 saturated carbocycles. The summed E-state index contributed by atoms with van der Waals surface area (Å²) in [6.07, 6.45) is 12.4. The molecule has 0 aromatic heterocycles. The van der Waals surface area contributed by atoms with E-state index in [0.717, 1.165) is 19.3 Å². The van der Waals surface area contributed by atoms with Crippen molar-refractivity contribution in [3.05, 3.63) is 48.0 Å². The molecule has 0 bridgehead atoms. The van der Waals surface area contributed by atoms with Gasteiger partial charge in [0, 0.05) is 13.3 Å². The molecule has 0 fully saturated rings. The van der Waals surface area contributed by atoms with Crippen LogP contribution in [0.1, 0.15) is 77.2 Å². The first kappa shape index (κ1) is 24.7.